The number of primary sulfonamides is 1. The van der Waals surface area contributed by atoms with Crippen LogP contribution in [0.3, 0.4) is 0 Å². The molecule has 0 radical (unpaired) electrons. The van der Waals surface area contributed by atoms with Gasteiger partial charge in [-0.2, -0.15) is 0 Å². The fraction of sp³-hybridized carbons (Fsp3) is 0.125. The Hall–Kier alpha value is -2.96. The molecular formula is C16H16N4O6S2. The van der Waals surface area contributed by atoms with E-state index in [0.29, 0.717) is 4.90 Å². The summed E-state index contributed by atoms with van der Waals surface area (Å²) >= 11 is 1.18. The van der Waals surface area contributed by atoms with Gasteiger partial charge in [0, 0.05) is 17.3 Å². The SMILES string of the molecule is CSc1ccc(C(=O)NCC(=O)Nc2cccc(S(N)(=O)=O)c2)cc1[N+](=O)[O-]. The first kappa shape index (κ1) is 21.3. The highest BCUT2D eigenvalue weighted by atomic mass is 32.2. The molecule has 0 aliphatic rings. The second-order valence-corrected chi connectivity index (χ2v) is 7.86. The molecule has 2 aromatic rings. The Morgan fingerprint density at radius 1 is 1.21 bits per heavy atom. The standard InChI is InChI=1S/C16H16N4O6S2/c1-27-14-6-5-10(7-13(14)20(23)24)16(22)18-9-15(21)19-11-3-2-4-12(8-11)28(17,25)26/h2-8H,9H2,1H3,(H,18,22)(H,19,21)(H2,17,25,26). The van der Waals surface area contributed by atoms with Gasteiger partial charge in [-0.3, -0.25) is 19.7 Å². The minimum Gasteiger partial charge on any atom is -0.343 e. The first-order valence-corrected chi connectivity index (χ1v) is 10.4. The number of thioether (sulfide) groups is 1. The molecule has 0 aromatic heterocycles. The van der Waals surface area contributed by atoms with Crippen LogP contribution >= 0.6 is 11.8 Å². The van der Waals surface area contributed by atoms with Crippen molar-refractivity contribution in [1.82, 2.24) is 5.32 Å². The molecule has 10 nitrogen and oxygen atoms in total. The summed E-state index contributed by atoms with van der Waals surface area (Å²) in [6.07, 6.45) is 1.68. The normalized spacial score (nSPS) is 10.9. The average molecular weight is 424 g/mol. The lowest BCUT2D eigenvalue weighted by Crippen LogP contribution is -2.32. The topological polar surface area (TPSA) is 162 Å². The van der Waals surface area contributed by atoms with E-state index in [0.717, 1.165) is 6.07 Å². The van der Waals surface area contributed by atoms with Crippen LogP contribution in [-0.2, 0) is 14.8 Å². The van der Waals surface area contributed by atoms with Crippen molar-refractivity contribution < 1.29 is 22.9 Å². The number of nitro groups is 1. The van der Waals surface area contributed by atoms with Crippen LogP contribution in [-0.4, -0.2) is 38.0 Å². The summed E-state index contributed by atoms with van der Waals surface area (Å²) < 4.78 is 22.6. The van der Waals surface area contributed by atoms with Gasteiger partial charge >= 0.3 is 0 Å². The third-order valence-corrected chi connectivity index (χ3v) is 5.19. The maximum Gasteiger partial charge on any atom is 0.283 e. The number of nitrogens with zero attached hydrogens (tertiary/aromatic N) is 1. The third kappa shape index (κ3) is 5.52. The van der Waals surface area contributed by atoms with E-state index < -0.39 is 33.3 Å². The molecule has 28 heavy (non-hydrogen) atoms. The van der Waals surface area contributed by atoms with Gasteiger partial charge in [0.25, 0.3) is 11.6 Å². The summed E-state index contributed by atoms with van der Waals surface area (Å²) in [5, 5.41) is 20.9. The van der Waals surface area contributed by atoms with Crippen LogP contribution in [0.4, 0.5) is 11.4 Å². The van der Waals surface area contributed by atoms with E-state index in [4.69, 9.17) is 5.14 Å². The molecule has 0 aliphatic carbocycles. The predicted octanol–water partition coefficient (Wildman–Crippen LogP) is 1.33. The lowest BCUT2D eigenvalue weighted by atomic mass is 10.2. The summed E-state index contributed by atoms with van der Waals surface area (Å²) in [6.45, 7) is -0.420. The number of sulfonamides is 1. The van der Waals surface area contributed by atoms with E-state index in [1.54, 1.807) is 6.26 Å². The van der Waals surface area contributed by atoms with Crippen molar-refractivity contribution >= 4 is 45.0 Å². The number of carbonyl (C=O) groups is 2. The Morgan fingerprint density at radius 2 is 1.93 bits per heavy atom. The second kappa shape index (κ2) is 8.82. The summed E-state index contributed by atoms with van der Waals surface area (Å²) in [7, 11) is -3.92. The van der Waals surface area contributed by atoms with Crippen LogP contribution < -0.4 is 15.8 Å². The Morgan fingerprint density at radius 3 is 2.54 bits per heavy atom. The monoisotopic (exact) mass is 424 g/mol. The molecule has 0 aliphatic heterocycles. The molecule has 0 bridgehead atoms. The first-order valence-electron chi connectivity index (χ1n) is 7.65. The van der Waals surface area contributed by atoms with Gasteiger partial charge in [-0.05, 0) is 36.6 Å². The first-order chi connectivity index (χ1) is 13.1. The molecule has 2 rings (SSSR count). The average Bonchev–Trinajstić information content (AvgIpc) is 2.65. The van der Waals surface area contributed by atoms with Gasteiger partial charge in [0.15, 0.2) is 0 Å². The number of carbonyl (C=O) groups excluding carboxylic acids is 2. The van der Waals surface area contributed by atoms with Crippen molar-refractivity contribution in [2.24, 2.45) is 5.14 Å². The minimum atomic E-state index is -3.92. The third-order valence-electron chi connectivity index (χ3n) is 3.49. The summed E-state index contributed by atoms with van der Waals surface area (Å²) in [6, 6.07) is 9.32. The number of nitrogens with two attached hydrogens (primary N) is 1. The van der Waals surface area contributed by atoms with E-state index >= 15 is 0 Å². The molecule has 2 amide bonds. The zero-order valence-corrected chi connectivity index (χ0v) is 16.2. The number of hydrogen-bond acceptors (Lipinski definition) is 7. The zero-order chi connectivity index (χ0) is 20.9. The highest BCUT2D eigenvalue weighted by molar-refractivity contribution is 7.98. The van der Waals surface area contributed by atoms with Gasteiger partial charge in [-0.1, -0.05) is 6.07 Å². The molecule has 0 unspecified atom stereocenters. The molecule has 0 saturated heterocycles. The fourth-order valence-corrected chi connectivity index (χ4v) is 3.30. The largest absolute Gasteiger partial charge is 0.343 e. The molecule has 12 heteroatoms. The van der Waals surface area contributed by atoms with Crippen LogP contribution in [0.25, 0.3) is 0 Å². The van der Waals surface area contributed by atoms with Gasteiger partial charge in [0.2, 0.25) is 15.9 Å². The van der Waals surface area contributed by atoms with E-state index in [1.807, 2.05) is 0 Å². The molecular weight excluding hydrogens is 408 g/mol. The number of nitro benzene ring substituents is 1. The lowest BCUT2D eigenvalue weighted by Gasteiger charge is -2.08. The predicted molar refractivity (Wildman–Crippen MR) is 104 cm³/mol. The quantitative estimate of drug-likeness (QED) is 0.343. The number of anilines is 1. The van der Waals surface area contributed by atoms with Crippen LogP contribution in [0, 0.1) is 10.1 Å². The molecule has 2 aromatic carbocycles. The van der Waals surface area contributed by atoms with Crippen molar-refractivity contribution in [1.29, 1.82) is 0 Å². The van der Waals surface area contributed by atoms with Crippen molar-refractivity contribution in [3.8, 4) is 0 Å². The summed E-state index contributed by atoms with van der Waals surface area (Å²) in [5.74, 6) is -1.28. The van der Waals surface area contributed by atoms with E-state index in [-0.39, 0.29) is 21.8 Å². The Labute approximate surface area is 164 Å². The fourth-order valence-electron chi connectivity index (χ4n) is 2.19. The van der Waals surface area contributed by atoms with Crippen molar-refractivity contribution in [2.75, 3.05) is 18.1 Å². The number of hydrogen-bond donors (Lipinski definition) is 3. The van der Waals surface area contributed by atoms with Crippen molar-refractivity contribution in [2.45, 2.75) is 9.79 Å². The Balaban J connectivity index is 2.02. The Kier molecular flexibility index (Phi) is 6.72. The van der Waals surface area contributed by atoms with Crippen LogP contribution in [0.15, 0.2) is 52.3 Å². The van der Waals surface area contributed by atoms with Crippen LogP contribution in [0.2, 0.25) is 0 Å². The second-order valence-electron chi connectivity index (χ2n) is 5.45. The van der Waals surface area contributed by atoms with E-state index in [1.165, 1.54) is 48.2 Å². The number of rotatable bonds is 7. The van der Waals surface area contributed by atoms with Crippen LogP contribution in [0.1, 0.15) is 10.4 Å². The molecule has 4 N–H and O–H groups in total. The minimum absolute atomic E-state index is 0.0357. The number of benzene rings is 2. The zero-order valence-electron chi connectivity index (χ0n) is 14.5. The summed E-state index contributed by atoms with van der Waals surface area (Å²) in [4.78, 5) is 34.8. The van der Waals surface area contributed by atoms with Gasteiger partial charge in [-0.25, -0.2) is 13.6 Å². The van der Waals surface area contributed by atoms with Gasteiger partial charge in [0.05, 0.1) is 21.3 Å². The van der Waals surface area contributed by atoms with Gasteiger partial charge in [0.1, 0.15) is 0 Å². The van der Waals surface area contributed by atoms with Gasteiger partial charge < -0.3 is 10.6 Å². The molecule has 0 fully saturated rings. The lowest BCUT2D eigenvalue weighted by molar-refractivity contribution is -0.387. The number of amides is 2. The Bertz CT molecular complexity index is 1040. The summed E-state index contributed by atoms with van der Waals surface area (Å²) in [5.41, 5.74) is 0.0173. The van der Waals surface area contributed by atoms with Crippen LogP contribution in [0.5, 0.6) is 0 Å². The molecule has 0 saturated carbocycles. The van der Waals surface area contributed by atoms with Gasteiger partial charge in [-0.15, -0.1) is 11.8 Å². The highest BCUT2D eigenvalue weighted by Crippen LogP contribution is 2.28. The maximum atomic E-state index is 12.1. The van der Waals surface area contributed by atoms with Crippen molar-refractivity contribution in [3.63, 3.8) is 0 Å². The molecule has 0 spiro atoms. The van der Waals surface area contributed by atoms with E-state index in [2.05, 4.69) is 10.6 Å². The highest BCUT2D eigenvalue weighted by Gasteiger charge is 2.17. The molecule has 148 valence electrons. The van der Waals surface area contributed by atoms with E-state index in [9.17, 15) is 28.1 Å². The van der Waals surface area contributed by atoms with Crippen molar-refractivity contribution in [3.05, 3.63) is 58.1 Å². The number of nitrogens with one attached hydrogen (secondary N) is 2. The maximum absolute atomic E-state index is 12.1. The molecule has 0 heterocycles. The smallest absolute Gasteiger partial charge is 0.283 e. The molecule has 0 atom stereocenters.